The zero-order valence-electron chi connectivity index (χ0n) is 13.8. The summed E-state index contributed by atoms with van der Waals surface area (Å²) in [5.41, 5.74) is -0.764. The summed E-state index contributed by atoms with van der Waals surface area (Å²) in [6.45, 7) is 11.0. The van der Waals surface area contributed by atoms with Gasteiger partial charge < -0.3 is 4.90 Å². The second-order valence-corrected chi connectivity index (χ2v) is 6.14. The van der Waals surface area contributed by atoms with Crippen LogP contribution in [0.15, 0.2) is 37.7 Å². The number of halogens is 3. The van der Waals surface area contributed by atoms with Crippen molar-refractivity contribution in [2.75, 3.05) is 29.4 Å². The predicted octanol–water partition coefficient (Wildman–Crippen LogP) is 2.66. The van der Waals surface area contributed by atoms with Crippen molar-refractivity contribution in [3.8, 4) is 0 Å². The molecule has 0 aliphatic carbocycles. The molecule has 3 heterocycles. The monoisotopic (exact) mass is 352 g/mol. The summed E-state index contributed by atoms with van der Waals surface area (Å²) in [6.07, 6.45) is -0.662. The lowest BCUT2D eigenvalue weighted by molar-refractivity contribution is -0.137. The fourth-order valence-electron chi connectivity index (χ4n) is 3.25. The number of anilines is 2. The Morgan fingerprint density at radius 2 is 2.08 bits per heavy atom. The molecule has 3 rings (SSSR count). The maximum Gasteiger partial charge on any atom is 0.417 e. The molecule has 0 bridgehead atoms. The Kier molecular flexibility index (Phi) is 4.32. The highest BCUT2D eigenvalue weighted by atomic mass is 19.4. The van der Waals surface area contributed by atoms with Crippen LogP contribution in [-0.4, -0.2) is 47.5 Å². The molecular weight excluding hydrogens is 333 g/mol. The summed E-state index contributed by atoms with van der Waals surface area (Å²) in [4.78, 5) is 21.9. The van der Waals surface area contributed by atoms with Gasteiger partial charge in [-0.15, -0.1) is 6.58 Å². The summed E-state index contributed by atoms with van der Waals surface area (Å²) in [6, 6.07) is 0.552. The van der Waals surface area contributed by atoms with E-state index >= 15 is 0 Å². The van der Waals surface area contributed by atoms with Crippen molar-refractivity contribution in [3.63, 3.8) is 0 Å². The van der Waals surface area contributed by atoms with Crippen LogP contribution < -0.4 is 9.80 Å². The van der Waals surface area contributed by atoms with Crippen molar-refractivity contribution in [1.82, 2.24) is 9.88 Å². The van der Waals surface area contributed by atoms with Crippen LogP contribution in [0.5, 0.6) is 0 Å². The lowest BCUT2D eigenvalue weighted by atomic mass is 10.0. The molecular formula is C17H19F3N4O. The molecule has 1 amide bonds. The molecule has 0 aromatic carbocycles. The van der Waals surface area contributed by atoms with Crippen LogP contribution in [0.1, 0.15) is 12.5 Å². The van der Waals surface area contributed by atoms with Gasteiger partial charge in [0, 0.05) is 38.1 Å². The first-order chi connectivity index (χ1) is 11.8. The lowest BCUT2D eigenvalue weighted by Gasteiger charge is -2.47. The molecule has 8 heteroatoms. The minimum Gasteiger partial charge on any atom is -0.340 e. The van der Waals surface area contributed by atoms with Crippen LogP contribution in [-0.2, 0) is 11.0 Å². The van der Waals surface area contributed by atoms with Gasteiger partial charge in [0.25, 0.3) is 5.91 Å². The number of amides is 1. The van der Waals surface area contributed by atoms with Gasteiger partial charge in [-0.05, 0) is 13.0 Å². The number of fused-ring (bicyclic) bond motifs is 3. The topological polar surface area (TPSA) is 39.7 Å². The van der Waals surface area contributed by atoms with E-state index in [2.05, 4.69) is 23.0 Å². The van der Waals surface area contributed by atoms with Crippen LogP contribution in [0, 0.1) is 0 Å². The molecule has 0 radical (unpaired) electrons. The van der Waals surface area contributed by atoms with Gasteiger partial charge in [0.1, 0.15) is 6.04 Å². The van der Waals surface area contributed by atoms with Gasteiger partial charge in [0.2, 0.25) is 0 Å². The van der Waals surface area contributed by atoms with Crippen LogP contribution in [0.25, 0.3) is 0 Å². The van der Waals surface area contributed by atoms with Crippen molar-refractivity contribution >= 4 is 17.4 Å². The van der Waals surface area contributed by atoms with Gasteiger partial charge in [0.05, 0.1) is 11.3 Å². The number of nitrogens with zero attached hydrogens (tertiary/aromatic N) is 4. The molecule has 134 valence electrons. The zero-order chi connectivity index (χ0) is 18.4. The van der Waals surface area contributed by atoms with Gasteiger partial charge in [-0.2, -0.15) is 13.2 Å². The third-order valence-electron chi connectivity index (χ3n) is 4.74. The molecule has 2 atom stereocenters. The van der Waals surface area contributed by atoms with Crippen LogP contribution >= 0.6 is 0 Å². The largest absolute Gasteiger partial charge is 0.417 e. The number of hydrogen-bond acceptors (Lipinski definition) is 4. The number of carbonyl (C=O) groups is 1. The Morgan fingerprint density at radius 3 is 2.68 bits per heavy atom. The second kappa shape index (κ2) is 6.18. The van der Waals surface area contributed by atoms with Gasteiger partial charge in [-0.1, -0.05) is 12.7 Å². The fourth-order valence-corrected chi connectivity index (χ4v) is 3.25. The van der Waals surface area contributed by atoms with E-state index in [4.69, 9.17) is 0 Å². The van der Waals surface area contributed by atoms with E-state index in [-0.39, 0.29) is 17.6 Å². The number of hydrogen-bond donors (Lipinski definition) is 0. The van der Waals surface area contributed by atoms with Gasteiger partial charge in [-0.3, -0.25) is 14.6 Å². The van der Waals surface area contributed by atoms with Crippen molar-refractivity contribution in [3.05, 3.63) is 43.3 Å². The molecule has 1 fully saturated rings. The average Bonchev–Trinajstić information content (AvgIpc) is 2.60. The van der Waals surface area contributed by atoms with Crippen LogP contribution in [0.2, 0.25) is 0 Å². The van der Waals surface area contributed by atoms with Gasteiger partial charge in [0.15, 0.2) is 5.82 Å². The highest BCUT2D eigenvalue weighted by Gasteiger charge is 2.43. The van der Waals surface area contributed by atoms with Gasteiger partial charge in [-0.25, -0.2) is 4.98 Å². The van der Waals surface area contributed by atoms with Crippen LogP contribution in [0.3, 0.4) is 0 Å². The normalized spacial score (nSPS) is 22.2. The minimum absolute atomic E-state index is 0.106. The first-order valence-corrected chi connectivity index (χ1v) is 7.94. The fraction of sp³-hybridized carbons (Fsp3) is 0.412. The molecule has 1 saturated heterocycles. The molecule has 0 N–H and O–H groups in total. The molecule has 25 heavy (non-hydrogen) atoms. The zero-order valence-corrected chi connectivity index (χ0v) is 13.8. The summed E-state index contributed by atoms with van der Waals surface area (Å²) in [5, 5.41) is 0. The molecule has 1 aromatic rings. The van der Waals surface area contributed by atoms with E-state index in [1.54, 1.807) is 11.0 Å². The summed E-state index contributed by atoms with van der Waals surface area (Å²) in [7, 11) is 0. The Balaban J connectivity index is 2.02. The van der Waals surface area contributed by atoms with E-state index < -0.39 is 17.8 Å². The lowest BCUT2D eigenvalue weighted by Crippen LogP contribution is -2.63. The molecule has 5 nitrogen and oxygen atoms in total. The van der Waals surface area contributed by atoms with Crippen molar-refractivity contribution in [2.24, 2.45) is 0 Å². The first kappa shape index (κ1) is 17.5. The van der Waals surface area contributed by atoms with Crippen molar-refractivity contribution in [2.45, 2.75) is 25.2 Å². The average molecular weight is 352 g/mol. The number of rotatable bonds is 3. The number of alkyl halides is 3. The summed E-state index contributed by atoms with van der Waals surface area (Å²) >= 11 is 0. The van der Waals surface area contributed by atoms with E-state index in [0.717, 1.165) is 12.3 Å². The molecule has 0 saturated carbocycles. The summed E-state index contributed by atoms with van der Waals surface area (Å²) < 4.78 is 39.0. The number of carbonyl (C=O) groups excluding carboxylic acids is 1. The Morgan fingerprint density at radius 1 is 1.36 bits per heavy atom. The van der Waals surface area contributed by atoms with Gasteiger partial charge >= 0.3 is 6.18 Å². The molecule has 2 aliphatic rings. The Hall–Kier alpha value is -2.35. The smallest absolute Gasteiger partial charge is 0.340 e. The van der Waals surface area contributed by atoms with Crippen molar-refractivity contribution < 1.29 is 18.0 Å². The standard InChI is InChI=1S/C17H19F3N4O/c1-4-11(3)22-6-7-24-14(10-22)16(25)23(5-2)13-8-12(17(18,19)20)9-21-15(13)24/h4-5,8-9,11,14H,1-2,6-7,10H2,3H3/t11?,14-/m1/s1. The van der Waals surface area contributed by atoms with E-state index in [0.29, 0.717) is 25.5 Å². The Bertz CT molecular complexity index is 718. The van der Waals surface area contributed by atoms with E-state index in [1.807, 2.05) is 6.92 Å². The summed E-state index contributed by atoms with van der Waals surface area (Å²) in [5.74, 6) is 0.0768. The first-order valence-electron chi connectivity index (χ1n) is 7.94. The second-order valence-electron chi connectivity index (χ2n) is 6.14. The Labute approximate surface area is 144 Å². The SMILES string of the molecule is C=CC(C)N1CCN2c3ncc(C(F)(F)F)cc3N(C=C)C(=O)[C@H]2C1. The van der Waals surface area contributed by atoms with Crippen LogP contribution in [0.4, 0.5) is 24.7 Å². The van der Waals surface area contributed by atoms with E-state index in [1.165, 1.54) is 11.1 Å². The highest BCUT2D eigenvalue weighted by Crippen LogP contribution is 2.40. The minimum atomic E-state index is -4.52. The maximum absolute atomic E-state index is 13.0. The highest BCUT2D eigenvalue weighted by molar-refractivity contribution is 6.06. The quantitative estimate of drug-likeness (QED) is 0.784. The molecule has 1 aromatic heterocycles. The maximum atomic E-state index is 13.0. The molecule has 0 spiro atoms. The molecule has 2 aliphatic heterocycles. The number of piperazine rings is 1. The van der Waals surface area contributed by atoms with E-state index in [9.17, 15) is 18.0 Å². The predicted molar refractivity (Wildman–Crippen MR) is 89.3 cm³/mol. The third kappa shape index (κ3) is 2.90. The van der Waals surface area contributed by atoms with Crippen molar-refractivity contribution in [1.29, 1.82) is 0 Å². The number of aromatic nitrogens is 1. The number of pyridine rings is 1. The molecule has 1 unspecified atom stereocenters. The third-order valence-corrected chi connectivity index (χ3v) is 4.74.